The third kappa shape index (κ3) is 4.02. The highest BCUT2D eigenvalue weighted by Crippen LogP contribution is 2.23. The number of hydrogen-bond acceptors (Lipinski definition) is 3. The minimum absolute atomic E-state index is 0.0136. The third-order valence-corrected chi connectivity index (χ3v) is 3.18. The first-order valence-electron chi connectivity index (χ1n) is 6.64. The fourth-order valence-electron chi connectivity index (χ4n) is 2.02. The number of halogens is 1. The lowest BCUT2D eigenvalue weighted by Crippen LogP contribution is -2.15. The number of nitrogens with zero attached hydrogens (tertiary/aromatic N) is 1. The van der Waals surface area contributed by atoms with E-state index in [0.717, 1.165) is 5.56 Å². The molecule has 0 saturated heterocycles. The average molecular weight is 288 g/mol. The molecule has 1 N–H and O–H groups in total. The Morgan fingerprint density at radius 2 is 2.05 bits per heavy atom. The Kier molecular flexibility index (Phi) is 4.87. The molecule has 1 amide bonds. The zero-order valence-corrected chi connectivity index (χ0v) is 12.0. The molecule has 110 valence electrons. The number of aromatic nitrogens is 1. The Morgan fingerprint density at radius 1 is 1.33 bits per heavy atom. The molecule has 1 atom stereocenters. The molecule has 1 aromatic heterocycles. The van der Waals surface area contributed by atoms with Gasteiger partial charge in [-0.2, -0.15) is 0 Å². The first kappa shape index (κ1) is 15.0. The van der Waals surface area contributed by atoms with E-state index < -0.39 is 0 Å². The maximum atomic E-state index is 12.9. The average Bonchev–Trinajstić information content (AvgIpc) is 2.48. The number of nitrogens with one attached hydrogen (secondary N) is 1. The number of benzene rings is 1. The van der Waals surface area contributed by atoms with E-state index in [1.54, 1.807) is 30.5 Å². The zero-order valence-electron chi connectivity index (χ0n) is 12.0. The number of amides is 1. The first-order valence-corrected chi connectivity index (χ1v) is 6.64. The van der Waals surface area contributed by atoms with Gasteiger partial charge in [0.25, 0.3) is 0 Å². The van der Waals surface area contributed by atoms with Gasteiger partial charge >= 0.3 is 0 Å². The van der Waals surface area contributed by atoms with Crippen LogP contribution < -0.4 is 10.1 Å². The summed E-state index contributed by atoms with van der Waals surface area (Å²) in [5.41, 5.74) is 0.916. The lowest BCUT2D eigenvalue weighted by Gasteiger charge is -2.13. The van der Waals surface area contributed by atoms with E-state index in [9.17, 15) is 9.18 Å². The second-order valence-corrected chi connectivity index (χ2v) is 4.76. The molecule has 2 aromatic rings. The Hall–Kier alpha value is -2.43. The van der Waals surface area contributed by atoms with Crippen LogP contribution in [0.2, 0.25) is 0 Å². The van der Waals surface area contributed by atoms with Crippen LogP contribution in [0.1, 0.15) is 24.8 Å². The van der Waals surface area contributed by atoms with E-state index in [0.29, 0.717) is 11.6 Å². The summed E-state index contributed by atoms with van der Waals surface area (Å²) in [7, 11) is 1.52. The number of carbonyl (C=O) groups excluding carboxylic acids is 1. The normalized spacial score (nSPS) is 11.8. The summed E-state index contributed by atoms with van der Waals surface area (Å²) in [5.74, 6) is 0.453. The van der Waals surface area contributed by atoms with Crippen molar-refractivity contribution in [1.82, 2.24) is 4.98 Å². The second kappa shape index (κ2) is 6.83. The number of carbonyl (C=O) groups is 1. The molecular weight excluding hydrogens is 271 g/mol. The molecule has 5 heteroatoms. The molecule has 0 spiro atoms. The number of ether oxygens (including phenoxy) is 1. The second-order valence-electron chi connectivity index (χ2n) is 4.76. The number of anilines is 1. The van der Waals surface area contributed by atoms with Crippen molar-refractivity contribution < 1.29 is 13.9 Å². The van der Waals surface area contributed by atoms with E-state index in [1.165, 1.54) is 19.2 Å². The van der Waals surface area contributed by atoms with Crippen LogP contribution in [0.25, 0.3) is 0 Å². The summed E-state index contributed by atoms with van der Waals surface area (Å²) < 4.78 is 18.0. The van der Waals surface area contributed by atoms with Crippen LogP contribution in [0, 0.1) is 5.82 Å². The third-order valence-electron chi connectivity index (χ3n) is 3.18. The van der Waals surface area contributed by atoms with Crippen molar-refractivity contribution >= 4 is 11.7 Å². The van der Waals surface area contributed by atoms with Gasteiger partial charge in [0.2, 0.25) is 5.91 Å². The van der Waals surface area contributed by atoms with Crippen LogP contribution in [0.3, 0.4) is 0 Å². The molecule has 0 aliphatic rings. The van der Waals surface area contributed by atoms with Crippen molar-refractivity contribution in [3.8, 4) is 5.75 Å². The molecule has 21 heavy (non-hydrogen) atoms. The monoisotopic (exact) mass is 288 g/mol. The lowest BCUT2D eigenvalue weighted by molar-refractivity contribution is -0.116. The Labute approximate surface area is 123 Å². The van der Waals surface area contributed by atoms with Gasteiger partial charge in [0.15, 0.2) is 11.6 Å². The fourth-order valence-corrected chi connectivity index (χ4v) is 2.02. The van der Waals surface area contributed by atoms with Crippen molar-refractivity contribution in [3.63, 3.8) is 0 Å². The van der Waals surface area contributed by atoms with Gasteiger partial charge in [-0.05, 0) is 35.7 Å². The van der Waals surface area contributed by atoms with Crippen LogP contribution in [-0.4, -0.2) is 18.0 Å². The number of rotatable bonds is 5. The van der Waals surface area contributed by atoms with Gasteiger partial charge in [0.05, 0.1) is 7.11 Å². The van der Waals surface area contributed by atoms with E-state index in [4.69, 9.17) is 4.74 Å². The van der Waals surface area contributed by atoms with Crippen LogP contribution in [0.5, 0.6) is 5.75 Å². The SMILES string of the molecule is COc1cccnc1NC(=O)C[C@@H](C)c1ccc(F)cc1. The van der Waals surface area contributed by atoms with Crippen LogP contribution in [0.15, 0.2) is 42.6 Å². The van der Waals surface area contributed by atoms with Gasteiger partial charge in [-0.25, -0.2) is 9.37 Å². The predicted octanol–water partition coefficient (Wildman–Crippen LogP) is 3.36. The van der Waals surface area contributed by atoms with Gasteiger partial charge in [-0.1, -0.05) is 19.1 Å². The largest absolute Gasteiger partial charge is 0.493 e. The van der Waals surface area contributed by atoms with Crippen LogP contribution >= 0.6 is 0 Å². The Balaban J connectivity index is 1.99. The van der Waals surface area contributed by atoms with Crippen molar-refractivity contribution in [2.75, 3.05) is 12.4 Å². The summed E-state index contributed by atoms with van der Waals surface area (Å²) in [5, 5.41) is 2.72. The van der Waals surface area contributed by atoms with Crippen molar-refractivity contribution in [1.29, 1.82) is 0 Å². The summed E-state index contributed by atoms with van der Waals surface area (Å²) in [6.45, 7) is 1.92. The topological polar surface area (TPSA) is 51.2 Å². The smallest absolute Gasteiger partial charge is 0.226 e. The molecule has 0 aliphatic carbocycles. The number of pyridine rings is 1. The van der Waals surface area contributed by atoms with Gasteiger partial charge in [0, 0.05) is 12.6 Å². The standard InChI is InChI=1S/C16H17FN2O2/c1-11(12-5-7-13(17)8-6-12)10-15(20)19-16-14(21-2)4-3-9-18-16/h3-9,11H,10H2,1-2H3,(H,18,19,20)/t11-/m1/s1. The van der Waals surface area contributed by atoms with Crippen molar-refractivity contribution in [2.45, 2.75) is 19.3 Å². The summed E-state index contributed by atoms with van der Waals surface area (Å²) in [6, 6.07) is 9.63. The van der Waals surface area contributed by atoms with Crippen LogP contribution in [0.4, 0.5) is 10.2 Å². The molecule has 0 fully saturated rings. The minimum Gasteiger partial charge on any atom is -0.493 e. The highest BCUT2D eigenvalue weighted by molar-refractivity contribution is 5.91. The van der Waals surface area contributed by atoms with Crippen molar-refractivity contribution in [2.24, 2.45) is 0 Å². The number of methoxy groups -OCH3 is 1. The molecule has 2 rings (SSSR count). The molecule has 0 aliphatic heterocycles. The maximum Gasteiger partial charge on any atom is 0.226 e. The molecular formula is C16H17FN2O2. The van der Waals surface area contributed by atoms with Crippen molar-refractivity contribution in [3.05, 3.63) is 54.0 Å². The van der Waals surface area contributed by atoms with E-state index >= 15 is 0 Å². The molecule has 4 nitrogen and oxygen atoms in total. The predicted molar refractivity (Wildman–Crippen MR) is 78.9 cm³/mol. The van der Waals surface area contributed by atoms with Gasteiger partial charge in [-0.3, -0.25) is 4.79 Å². The molecule has 0 radical (unpaired) electrons. The first-order chi connectivity index (χ1) is 10.1. The van der Waals surface area contributed by atoms with Gasteiger partial charge < -0.3 is 10.1 Å². The highest BCUT2D eigenvalue weighted by atomic mass is 19.1. The maximum absolute atomic E-state index is 12.9. The summed E-state index contributed by atoms with van der Waals surface area (Å²) in [6.07, 6.45) is 1.87. The molecule has 1 aromatic carbocycles. The molecule has 0 bridgehead atoms. The lowest BCUT2D eigenvalue weighted by atomic mass is 9.97. The van der Waals surface area contributed by atoms with Gasteiger partial charge in [0.1, 0.15) is 5.82 Å². The quantitative estimate of drug-likeness (QED) is 0.917. The molecule has 1 heterocycles. The zero-order chi connectivity index (χ0) is 15.2. The van der Waals surface area contributed by atoms with Crippen LogP contribution in [-0.2, 0) is 4.79 Å². The Bertz CT molecular complexity index is 614. The highest BCUT2D eigenvalue weighted by Gasteiger charge is 2.13. The van der Waals surface area contributed by atoms with E-state index in [-0.39, 0.29) is 24.1 Å². The van der Waals surface area contributed by atoms with Gasteiger partial charge in [-0.15, -0.1) is 0 Å². The molecule has 0 unspecified atom stereocenters. The fraction of sp³-hybridized carbons (Fsp3) is 0.250. The molecule has 0 saturated carbocycles. The summed E-state index contributed by atoms with van der Waals surface area (Å²) in [4.78, 5) is 16.1. The minimum atomic E-state index is -0.284. The number of hydrogen-bond donors (Lipinski definition) is 1. The van der Waals surface area contributed by atoms with E-state index in [2.05, 4.69) is 10.3 Å². The Morgan fingerprint density at radius 3 is 2.71 bits per heavy atom. The summed E-state index contributed by atoms with van der Waals surface area (Å²) >= 11 is 0. The van der Waals surface area contributed by atoms with E-state index in [1.807, 2.05) is 6.92 Å².